The van der Waals surface area contributed by atoms with E-state index in [0.717, 1.165) is 56.1 Å². The van der Waals surface area contributed by atoms with Gasteiger partial charge in [0.25, 0.3) is 0 Å². The predicted octanol–water partition coefficient (Wildman–Crippen LogP) is 11.8. The van der Waals surface area contributed by atoms with Gasteiger partial charge in [0.15, 0.2) is 5.82 Å². The van der Waals surface area contributed by atoms with Crippen LogP contribution in [0.5, 0.6) is 11.5 Å². The van der Waals surface area contributed by atoms with E-state index in [4.69, 9.17) is 14.7 Å². The molecule has 10 rings (SSSR count). The Morgan fingerprint density at radius 1 is 0.431 bits per heavy atom. The summed E-state index contributed by atoms with van der Waals surface area (Å²) in [5.41, 5.74) is 11.3. The number of fused-ring (bicyclic) bond motifs is 9. The molecule has 2 heterocycles. The molecule has 0 saturated heterocycles. The van der Waals surface area contributed by atoms with Gasteiger partial charge in [0.2, 0.25) is 0 Å². The van der Waals surface area contributed by atoms with Crippen LogP contribution in [0, 0.1) is 0 Å². The first-order valence-corrected chi connectivity index (χ1v) is 17.6. The van der Waals surface area contributed by atoms with Crippen LogP contribution in [0.15, 0.2) is 170 Å². The minimum absolute atomic E-state index is 0.185. The molecular weight excluding hydrogens is 621 g/mol. The summed E-state index contributed by atoms with van der Waals surface area (Å²) in [6, 6.07) is 60.4. The molecule has 3 heteroatoms. The van der Waals surface area contributed by atoms with Gasteiger partial charge in [-0.2, -0.15) is 0 Å². The average molecular weight is 655 g/mol. The molecule has 7 aromatic carbocycles. The molecule has 1 aromatic heterocycles. The molecule has 3 nitrogen and oxygen atoms in total. The Labute approximate surface area is 297 Å². The van der Waals surface area contributed by atoms with Crippen LogP contribution in [0.4, 0.5) is 0 Å². The predicted molar refractivity (Wildman–Crippen MR) is 206 cm³/mol. The van der Waals surface area contributed by atoms with Gasteiger partial charge in [-0.3, -0.25) is 0 Å². The van der Waals surface area contributed by atoms with Crippen molar-refractivity contribution in [2.24, 2.45) is 0 Å². The molecule has 0 amide bonds. The highest BCUT2D eigenvalue weighted by atomic mass is 16.5. The van der Waals surface area contributed by atoms with Crippen LogP contribution in [0.3, 0.4) is 0 Å². The lowest BCUT2D eigenvalue weighted by molar-refractivity contribution is 0.426. The lowest BCUT2D eigenvalue weighted by Crippen LogP contribution is -2.43. The summed E-state index contributed by atoms with van der Waals surface area (Å²) in [7, 11) is 0. The van der Waals surface area contributed by atoms with Crippen molar-refractivity contribution in [3.05, 3.63) is 203 Å². The van der Waals surface area contributed by atoms with E-state index in [1.807, 2.05) is 6.07 Å². The Morgan fingerprint density at radius 3 is 1.76 bits per heavy atom. The van der Waals surface area contributed by atoms with Gasteiger partial charge in [0, 0.05) is 33.2 Å². The minimum Gasteiger partial charge on any atom is -0.456 e. The summed E-state index contributed by atoms with van der Waals surface area (Å²) in [5.74, 6) is 2.35. The second-order valence-corrected chi connectivity index (χ2v) is 14.1. The maximum atomic E-state index is 7.06. The van der Waals surface area contributed by atoms with Gasteiger partial charge < -0.3 is 4.74 Å². The van der Waals surface area contributed by atoms with Gasteiger partial charge in [-0.1, -0.05) is 159 Å². The first-order chi connectivity index (χ1) is 25.0. The molecule has 242 valence electrons. The summed E-state index contributed by atoms with van der Waals surface area (Å²) in [5, 5.41) is 2.34. The van der Waals surface area contributed by atoms with Crippen molar-refractivity contribution in [2.45, 2.75) is 24.7 Å². The summed E-state index contributed by atoms with van der Waals surface area (Å²) in [6.07, 6.45) is 0. The largest absolute Gasteiger partial charge is 0.456 e. The topological polar surface area (TPSA) is 35.0 Å². The molecule has 0 unspecified atom stereocenters. The van der Waals surface area contributed by atoms with E-state index in [1.165, 1.54) is 27.6 Å². The lowest BCUT2D eigenvalue weighted by Gasteiger charge is -2.50. The third-order valence-electron chi connectivity index (χ3n) is 11.0. The molecule has 2 aliphatic rings. The van der Waals surface area contributed by atoms with Gasteiger partial charge in [-0.25, -0.2) is 9.97 Å². The molecule has 1 aliphatic carbocycles. The number of benzene rings is 7. The van der Waals surface area contributed by atoms with Crippen molar-refractivity contribution in [1.29, 1.82) is 0 Å². The third-order valence-corrected chi connectivity index (χ3v) is 11.0. The molecule has 0 atom stereocenters. The van der Waals surface area contributed by atoms with Crippen LogP contribution in [0.1, 0.15) is 47.2 Å². The first-order valence-electron chi connectivity index (χ1n) is 17.6. The normalized spacial score (nSPS) is 14.5. The summed E-state index contributed by atoms with van der Waals surface area (Å²) < 4.78 is 7.06. The Bertz CT molecular complexity index is 2610. The maximum absolute atomic E-state index is 7.06. The third kappa shape index (κ3) is 4.31. The van der Waals surface area contributed by atoms with Crippen molar-refractivity contribution < 1.29 is 4.74 Å². The second-order valence-electron chi connectivity index (χ2n) is 14.1. The highest BCUT2D eigenvalue weighted by Crippen LogP contribution is 2.62. The van der Waals surface area contributed by atoms with E-state index in [2.05, 4.69) is 178 Å². The molecule has 8 aromatic rings. The zero-order valence-corrected chi connectivity index (χ0v) is 28.5. The fourth-order valence-electron chi connectivity index (χ4n) is 8.64. The van der Waals surface area contributed by atoms with Crippen LogP contribution >= 0.6 is 0 Å². The number of hydrogen-bond acceptors (Lipinski definition) is 3. The van der Waals surface area contributed by atoms with Crippen molar-refractivity contribution in [3.63, 3.8) is 0 Å². The van der Waals surface area contributed by atoms with E-state index in [0.29, 0.717) is 5.82 Å². The molecule has 1 aliphatic heterocycles. The SMILES string of the molecule is CC1(C)c2ccccc2C2(c3ccccc3Oc3c(-c4cc(-c5ccccc5)nc(-c5ccc6ccccc6c5)n4)cccc32)c2ccccc21. The highest BCUT2D eigenvalue weighted by molar-refractivity contribution is 5.87. The minimum atomic E-state index is -0.598. The fraction of sp³-hybridized carbons (Fsp3) is 0.0833. The van der Waals surface area contributed by atoms with Crippen LogP contribution in [0.25, 0.3) is 44.7 Å². The van der Waals surface area contributed by atoms with Crippen molar-refractivity contribution in [1.82, 2.24) is 9.97 Å². The number of nitrogens with zero attached hydrogens (tertiary/aromatic N) is 2. The number of hydrogen-bond donors (Lipinski definition) is 0. The van der Waals surface area contributed by atoms with Crippen molar-refractivity contribution in [2.75, 3.05) is 0 Å². The fourth-order valence-corrected chi connectivity index (χ4v) is 8.64. The van der Waals surface area contributed by atoms with Gasteiger partial charge in [0.1, 0.15) is 11.5 Å². The molecular formula is C48H34N2O. The summed E-state index contributed by atoms with van der Waals surface area (Å²) in [6.45, 7) is 4.70. The van der Waals surface area contributed by atoms with E-state index >= 15 is 0 Å². The van der Waals surface area contributed by atoms with Crippen LogP contribution in [-0.4, -0.2) is 9.97 Å². The van der Waals surface area contributed by atoms with E-state index in [-0.39, 0.29) is 5.41 Å². The Balaban J connectivity index is 1.27. The maximum Gasteiger partial charge on any atom is 0.160 e. The number of rotatable bonds is 3. The van der Waals surface area contributed by atoms with Crippen LogP contribution in [-0.2, 0) is 10.8 Å². The second kappa shape index (κ2) is 11.1. The molecule has 0 saturated carbocycles. The molecule has 51 heavy (non-hydrogen) atoms. The van der Waals surface area contributed by atoms with Gasteiger partial charge in [0.05, 0.1) is 16.8 Å². The average Bonchev–Trinajstić information content (AvgIpc) is 3.19. The molecule has 0 bridgehead atoms. The van der Waals surface area contributed by atoms with E-state index < -0.39 is 5.41 Å². The molecule has 0 fully saturated rings. The summed E-state index contributed by atoms with van der Waals surface area (Å²) >= 11 is 0. The van der Waals surface area contributed by atoms with E-state index in [9.17, 15) is 0 Å². The monoisotopic (exact) mass is 654 g/mol. The standard InChI is InChI=1S/C48H34N2O/c1-47(2)36-20-8-10-22-38(36)48(39-23-11-9-21-37(39)47)40-24-12-13-26-44(40)51-45-35(19-14-25-41(45)48)43-30-42(32-16-4-3-5-17-32)49-46(50-43)34-28-27-31-15-6-7-18-33(31)29-34/h3-30H,1-2H3. The molecule has 0 N–H and O–H groups in total. The Kier molecular flexibility index (Phi) is 6.44. The zero-order chi connectivity index (χ0) is 34.2. The van der Waals surface area contributed by atoms with Gasteiger partial charge >= 0.3 is 0 Å². The van der Waals surface area contributed by atoms with Crippen LogP contribution in [0.2, 0.25) is 0 Å². The smallest absolute Gasteiger partial charge is 0.160 e. The van der Waals surface area contributed by atoms with Crippen molar-refractivity contribution in [3.8, 4) is 45.4 Å². The number of para-hydroxylation sites is 2. The molecule has 0 radical (unpaired) electrons. The van der Waals surface area contributed by atoms with Gasteiger partial charge in [-0.05, 0) is 57.3 Å². The van der Waals surface area contributed by atoms with Crippen LogP contribution < -0.4 is 4.74 Å². The lowest BCUT2D eigenvalue weighted by atomic mass is 9.53. The van der Waals surface area contributed by atoms with E-state index in [1.54, 1.807) is 0 Å². The summed E-state index contributed by atoms with van der Waals surface area (Å²) in [4.78, 5) is 10.5. The molecule has 1 spiro atoms. The quantitative estimate of drug-likeness (QED) is 0.190. The zero-order valence-electron chi connectivity index (χ0n) is 28.5. The first kappa shape index (κ1) is 29.6. The number of aromatic nitrogens is 2. The van der Waals surface area contributed by atoms with Gasteiger partial charge in [-0.15, -0.1) is 0 Å². The number of ether oxygens (including phenoxy) is 1. The Hall–Kier alpha value is -6.32. The Morgan fingerprint density at radius 2 is 1.02 bits per heavy atom. The highest BCUT2D eigenvalue weighted by Gasteiger charge is 2.53. The van der Waals surface area contributed by atoms with Crippen molar-refractivity contribution >= 4 is 10.8 Å².